The molecule has 0 atom stereocenters. The molecule has 0 saturated heterocycles. The van der Waals surface area contributed by atoms with E-state index in [2.05, 4.69) is 10.9 Å². The smallest absolute Gasteiger partial charge is 0.269 e. The van der Waals surface area contributed by atoms with E-state index < -0.39 is 11.8 Å². The first-order chi connectivity index (χ1) is 11.6. The molecule has 2 aromatic carbocycles. The Hall–Kier alpha value is -3.28. The van der Waals surface area contributed by atoms with Crippen LogP contribution in [0.3, 0.4) is 0 Å². The van der Waals surface area contributed by atoms with Crippen LogP contribution in [0.5, 0.6) is 11.5 Å². The number of hydrazine groups is 1. The zero-order chi connectivity index (χ0) is 17.4. The third kappa shape index (κ3) is 4.61. The second-order valence-electron chi connectivity index (χ2n) is 4.75. The van der Waals surface area contributed by atoms with Crippen LogP contribution in [0.25, 0.3) is 6.08 Å². The van der Waals surface area contributed by atoms with Gasteiger partial charge in [0, 0.05) is 17.2 Å². The Kier molecular flexibility index (Phi) is 5.96. The van der Waals surface area contributed by atoms with Crippen molar-refractivity contribution < 1.29 is 19.1 Å². The van der Waals surface area contributed by atoms with Crippen molar-refractivity contribution in [3.63, 3.8) is 0 Å². The van der Waals surface area contributed by atoms with Gasteiger partial charge in [-0.1, -0.05) is 18.2 Å². The molecule has 0 unspecified atom stereocenters. The minimum absolute atomic E-state index is 0.392. The minimum Gasteiger partial charge on any atom is -0.497 e. The summed E-state index contributed by atoms with van der Waals surface area (Å²) in [6, 6.07) is 13.8. The van der Waals surface area contributed by atoms with Crippen LogP contribution in [-0.2, 0) is 4.79 Å². The van der Waals surface area contributed by atoms with Gasteiger partial charge in [-0.05, 0) is 36.4 Å². The lowest BCUT2D eigenvalue weighted by atomic mass is 10.1. The predicted octanol–water partition coefficient (Wildman–Crippen LogP) is 2.18. The first kappa shape index (κ1) is 17.1. The highest BCUT2D eigenvalue weighted by Gasteiger charge is 2.06. The lowest BCUT2D eigenvalue weighted by Gasteiger charge is -2.07. The van der Waals surface area contributed by atoms with Crippen molar-refractivity contribution in [2.45, 2.75) is 0 Å². The molecule has 0 aliphatic carbocycles. The van der Waals surface area contributed by atoms with Crippen molar-refractivity contribution in [2.75, 3.05) is 14.2 Å². The lowest BCUT2D eigenvalue weighted by Crippen LogP contribution is -2.40. The van der Waals surface area contributed by atoms with Gasteiger partial charge in [0.05, 0.1) is 14.2 Å². The van der Waals surface area contributed by atoms with Crippen LogP contribution in [0.1, 0.15) is 15.9 Å². The first-order valence-corrected chi connectivity index (χ1v) is 7.19. The van der Waals surface area contributed by atoms with Gasteiger partial charge in [-0.2, -0.15) is 0 Å². The topological polar surface area (TPSA) is 76.7 Å². The Balaban J connectivity index is 1.97. The molecule has 0 radical (unpaired) electrons. The Morgan fingerprint density at radius 1 is 0.958 bits per heavy atom. The summed E-state index contributed by atoms with van der Waals surface area (Å²) in [6.07, 6.45) is 2.87. The molecule has 24 heavy (non-hydrogen) atoms. The van der Waals surface area contributed by atoms with Gasteiger partial charge >= 0.3 is 0 Å². The van der Waals surface area contributed by atoms with Gasteiger partial charge < -0.3 is 9.47 Å². The summed E-state index contributed by atoms with van der Waals surface area (Å²) < 4.78 is 10.4. The van der Waals surface area contributed by atoms with Crippen LogP contribution in [0.4, 0.5) is 0 Å². The average molecular weight is 326 g/mol. The van der Waals surface area contributed by atoms with E-state index in [0.717, 1.165) is 0 Å². The van der Waals surface area contributed by atoms with Crippen LogP contribution in [0, 0.1) is 0 Å². The Morgan fingerprint density at radius 3 is 2.38 bits per heavy atom. The van der Waals surface area contributed by atoms with Crippen molar-refractivity contribution in [2.24, 2.45) is 0 Å². The molecule has 124 valence electrons. The van der Waals surface area contributed by atoms with Crippen molar-refractivity contribution in [3.05, 3.63) is 65.7 Å². The maximum Gasteiger partial charge on any atom is 0.269 e. The number of amides is 2. The molecule has 0 aliphatic heterocycles. The Morgan fingerprint density at radius 2 is 1.71 bits per heavy atom. The number of benzene rings is 2. The van der Waals surface area contributed by atoms with Crippen molar-refractivity contribution in [1.82, 2.24) is 10.9 Å². The highest BCUT2D eigenvalue weighted by Crippen LogP contribution is 2.24. The van der Waals surface area contributed by atoms with Crippen LogP contribution in [0.15, 0.2) is 54.6 Å². The van der Waals surface area contributed by atoms with Gasteiger partial charge in [0.15, 0.2) is 0 Å². The van der Waals surface area contributed by atoms with E-state index in [1.807, 2.05) is 0 Å². The van der Waals surface area contributed by atoms with Crippen LogP contribution in [0.2, 0.25) is 0 Å². The number of rotatable bonds is 5. The summed E-state index contributed by atoms with van der Waals surface area (Å²) in [5.74, 6) is 0.391. The lowest BCUT2D eigenvalue weighted by molar-refractivity contribution is -0.117. The number of ether oxygens (including phenoxy) is 2. The zero-order valence-corrected chi connectivity index (χ0v) is 13.4. The highest BCUT2D eigenvalue weighted by molar-refractivity contribution is 5.98. The largest absolute Gasteiger partial charge is 0.497 e. The molecule has 6 heteroatoms. The molecule has 2 rings (SSSR count). The molecular weight excluding hydrogens is 308 g/mol. The van der Waals surface area contributed by atoms with Crippen LogP contribution >= 0.6 is 0 Å². The fourth-order valence-corrected chi connectivity index (χ4v) is 1.96. The molecule has 6 nitrogen and oxygen atoms in total. The molecule has 0 fully saturated rings. The fraction of sp³-hybridized carbons (Fsp3) is 0.111. The highest BCUT2D eigenvalue weighted by atomic mass is 16.5. The van der Waals surface area contributed by atoms with Gasteiger partial charge in [0.1, 0.15) is 11.5 Å². The SMILES string of the molecule is COc1ccc(OC)c(/C=C/C(=O)NNC(=O)c2ccccc2)c1. The molecule has 0 spiro atoms. The molecule has 0 aromatic heterocycles. The number of nitrogens with one attached hydrogen (secondary N) is 2. The van der Waals surface area contributed by atoms with Gasteiger partial charge in [-0.3, -0.25) is 20.4 Å². The third-order valence-corrected chi connectivity index (χ3v) is 3.19. The predicted molar refractivity (Wildman–Crippen MR) is 90.6 cm³/mol. The summed E-state index contributed by atoms with van der Waals surface area (Å²) in [7, 11) is 3.10. The van der Waals surface area contributed by atoms with Gasteiger partial charge in [0.25, 0.3) is 11.8 Å². The van der Waals surface area contributed by atoms with Crippen LogP contribution in [-0.4, -0.2) is 26.0 Å². The monoisotopic (exact) mass is 326 g/mol. The molecule has 0 bridgehead atoms. The third-order valence-electron chi connectivity index (χ3n) is 3.19. The summed E-state index contributed by atoms with van der Waals surface area (Å²) >= 11 is 0. The summed E-state index contributed by atoms with van der Waals surface area (Å²) in [5.41, 5.74) is 5.80. The standard InChI is InChI=1S/C18H18N2O4/c1-23-15-9-10-16(24-2)14(12-15)8-11-17(21)19-20-18(22)13-6-4-3-5-7-13/h3-12H,1-2H3,(H,19,21)(H,20,22)/b11-8+. The number of methoxy groups -OCH3 is 2. The average Bonchev–Trinajstić information content (AvgIpc) is 2.64. The zero-order valence-electron chi connectivity index (χ0n) is 13.4. The van der Waals surface area contributed by atoms with E-state index in [0.29, 0.717) is 22.6 Å². The molecule has 0 heterocycles. The molecule has 2 N–H and O–H groups in total. The number of carbonyl (C=O) groups excluding carboxylic acids is 2. The molecule has 0 saturated carbocycles. The second-order valence-corrected chi connectivity index (χ2v) is 4.75. The maximum absolute atomic E-state index is 11.8. The summed E-state index contributed by atoms with van der Waals surface area (Å²) in [4.78, 5) is 23.6. The molecule has 2 amide bonds. The normalized spacial score (nSPS) is 10.2. The number of hydrogen-bond acceptors (Lipinski definition) is 4. The number of carbonyl (C=O) groups is 2. The van der Waals surface area contributed by atoms with E-state index in [-0.39, 0.29) is 0 Å². The van der Waals surface area contributed by atoms with E-state index >= 15 is 0 Å². The van der Waals surface area contributed by atoms with Crippen molar-refractivity contribution >= 4 is 17.9 Å². The summed E-state index contributed by atoms with van der Waals surface area (Å²) in [6.45, 7) is 0. The molecule has 0 aliphatic rings. The van der Waals surface area contributed by atoms with Crippen molar-refractivity contribution in [3.8, 4) is 11.5 Å². The van der Waals surface area contributed by atoms with Gasteiger partial charge in [0.2, 0.25) is 0 Å². The van der Waals surface area contributed by atoms with E-state index in [9.17, 15) is 9.59 Å². The fourth-order valence-electron chi connectivity index (χ4n) is 1.96. The molecule has 2 aromatic rings. The molecular formula is C18H18N2O4. The second kappa shape index (κ2) is 8.38. The maximum atomic E-state index is 11.8. The Bertz CT molecular complexity index is 742. The van der Waals surface area contributed by atoms with Gasteiger partial charge in [-0.25, -0.2) is 0 Å². The summed E-state index contributed by atoms with van der Waals surface area (Å²) in [5, 5.41) is 0. The van der Waals surface area contributed by atoms with E-state index in [1.54, 1.807) is 68.8 Å². The quantitative estimate of drug-likeness (QED) is 0.652. The Labute approximate surface area is 140 Å². The van der Waals surface area contributed by atoms with Crippen molar-refractivity contribution in [1.29, 1.82) is 0 Å². The number of hydrogen-bond donors (Lipinski definition) is 2. The van der Waals surface area contributed by atoms with E-state index in [4.69, 9.17) is 9.47 Å². The van der Waals surface area contributed by atoms with E-state index in [1.165, 1.54) is 6.08 Å². The first-order valence-electron chi connectivity index (χ1n) is 7.19. The van der Waals surface area contributed by atoms with Crippen LogP contribution < -0.4 is 20.3 Å². The minimum atomic E-state index is -0.468. The van der Waals surface area contributed by atoms with Gasteiger partial charge in [-0.15, -0.1) is 0 Å².